The predicted octanol–water partition coefficient (Wildman–Crippen LogP) is 3.45. The number of carbonyl (C=O) groups is 1. The fraction of sp³-hybridized carbons (Fsp3) is 0.111. The Balaban J connectivity index is 1.99. The van der Waals surface area contributed by atoms with Crippen LogP contribution in [0.3, 0.4) is 0 Å². The van der Waals surface area contributed by atoms with Crippen LogP contribution in [0.1, 0.15) is 10.4 Å². The van der Waals surface area contributed by atoms with Crippen molar-refractivity contribution >= 4 is 34.1 Å². The molecule has 0 fully saturated rings. The van der Waals surface area contributed by atoms with Crippen molar-refractivity contribution in [1.82, 2.24) is 4.98 Å². The number of methoxy groups -OCH3 is 2. The van der Waals surface area contributed by atoms with Crippen molar-refractivity contribution in [3.63, 3.8) is 0 Å². The highest BCUT2D eigenvalue weighted by Crippen LogP contribution is 2.29. The highest BCUT2D eigenvalue weighted by molar-refractivity contribution is 6.31. The summed E-state index contributed by atoms with van der Waals surface area (Å²) < 4.78 is 10.4. The molecule has 0 aliphatic heterocycles. The van der Waals surface area contributed by atoms with E-state index in [4.69, 9.17) is 21.1 Å². The Labute approximate surface area is 148 Å². The van der Waals surface area contributed by atoms with E-state index in [1.54, 1.807) is 36.4 Å². The Morgan fingerprint density at radius 2 is 1.92 bits per heavy atom. The number of ether oxygens (including phenoxy) is 2. The summed E-state index contributed by atoms with van der Waals surface area (Å²) in [6, 6.07) is 9.81. The Bertz CT molecular complexity index is 1010. The highest BCUT2D eigenvalue weighted by atomic mass is 35.5. The topological polar surface area (TPSA) is 80.4 Å². The van der Waals surface area contributed by atoms with Gasteiger partial charge in [0.25, 0.3) is 5.91 Å². The number of aromatic amines is 1. The molecule has 0 bridgehead atoms. The summed E-state index contributed by atoms with van der Waals surface area (Å²) in [5.74, 6) is 0.459. The molecule has 3 aromatic rings. The second kappa shape index (κ2) is 6.86. The number of benzene rings is 2. The van der Waals surface area contributed by atoms with Gasteiger partial charge in [-0.3, -0.25) is 9.59 Å². The van der Waals surface area contributed by atoms with Crippen LogP contribution in [0.2, 0.25) is 5.02 Å². The first-order valence-electron chi connectivity index (χ1n) is 7.38. The monoisotopic (exact) mass is 358 g/mol. The first-order valence-corrected chi connectivity index (χ1v) is 7.75. The van der Waals surface area contributed by atoms with Gasteiger partial charge in [-0.2, -0.15) is 0 Å². The number of H-pyrrole nitrogens is 1. The minimum Gasteiger partial charge on any atom is -0.497 e. The van der Waals surface area contributed by atoms with E-state index < -0.39 is 5.91 Å². The van der Waals surface area contributed by atoms with Gasteiger partial charge in [-0.05, 0) is 30.3 Å². The maximum Gasteiger partial charge on any atom is 0.261 e. The maximum absolute atomic E-state index is 12.6. The van der Waals surface area contributed by atoms with Crippen molar-refractivity contribution in [3.05, 3.63) is 63.4 Å². The molecule has 1 amide bonds. The van der Waals surface area contributed by atoms with Crippen molar-refractivity contribution < 1.29 is 14.3 Å². The van der Waals surface area contributed by atoms with Crippen molar-refractivity contribution in [2.75, 3.05) is 19.5 Å². The number of nitrogens with one attached hydrogen (secondary N) is 2. The van der Waals surface area contributed by atoms with E-state index in [0.29, 0.717) is 33.1 Å². The molecule has 0 saturated heterocycles. The lowest BCUT2D eigenvalue weighted by molar-refractivity contribution is 0.102. The molecule has 0 unspecified atom stereocenters. The number of aromatic nitrogens is 1. The zero-order valence-electron chi connectivity index (χ0n) is 13.6. The number of amides is 1. The number of anilines is 1. The van der Waals surface area contributed by atoms with Gasteiger partial charge in [0.2, 0.25) is 5.43 Å². The molecule has 25 heavy (non-hydrogen) atoms. The third kappa shape index (κ3) is 3.29. The van der Waals surface area contributed by atoms with Gasteiger partial charge >= 0.3 is 0 Å². The molecule has 1 heterocycles. The summed E-state index contributed by atoms with van der Waals surface area (Å²) >= 11 is 5.92. The van der Waals surface area contributed by atoms with Crippen molar-refractivity contribution in [2.24, 2.45) is 0 Å². The van der Waals surface area contributed by atoms with Crippen LogP contribution in [-0.4, -0.2) is 25.1 Å². The smallest absolute Gasteiger partial charge is 0.261 e. The van der Waals surface area contributed by atoms with Crippen molar-refractivity contribution in [3.8, 4) is 11.5 Å². The minimum absolute atomic E-state index is 0.0142. The molecule has 7 heteroatoms. The Morgan fingerprint density at radius 3 is 2.64 bits per heavy atom. The second-order valence-electron chi connectivity index (χ2n) is 5.24. The van der Waals surface area contributed by atoms with Crippen LogP contribution in [0.15, 0.2) is 47.4 Å². The average molecular weight is 359 g/mol. The summed E-state index contributed by atoms with van der Waals surface area (Å²) in [5, 5.41) is 3.56. The summed E-state index contributed by atoms with van der Waals surface area (Å²) in [6.07, 6.45) is 1.36. The first kappa shape index (κ1) is 16.9. The number of hydrogen-bond donors (Lipinski definition) is 2. The fourth-order valence-corrected chi connectivity index (χ4v) is 2.64. The van der Waals surface area contributed by atoms with Crippen LogP contribution < -0.4 is 20.2 Å². The number of carbonyl (C=O) groups excluding carboxylic acids is 1. The van der Waals surface area contributed by atoms with E-state index in [0.717, 1.165) is 0 Å². The number of halogens is 1. The lowest BCUT2D eigenvalue weighted by Gasteiger charge is -2.12. The van der Waals surface area contributed by atoms with E-state index in [1.165, 1.54) is 20.4 Å². The minimum atomic E-state index is -0.551. The molecule has 3 rings (SSSR count). The second-order valence-corrected chi connectivity index (χ2v) is 5.68. The van der Waals surface area contributed by atoms with Crippen LogP contribution in [0.5, 0.6) is 11.5 Å². The molecule has 0 aliphatic carbocycles. The molecular weight excluding hydrogens is 344 g/mol. The van der Waals surface area contributed by atoms with Crippen LogP contribution in [0.4, 0.5) is 5.69 Å². The Kier molecular flexibility index (Phi) is 4.63. The summed E-state index contributed by atoms with van der Waals surface area (Å²) in [4.78, 5) is 28.0. The molecule has 2 aromatic carbocycles. The lowest BCUT2D eigenvalue weighted by Crippen LogP contribution is -2.22. The molecule has 0 spiro atoms. The third-order valence-electron chi connectivity index (χ3n) is 3.74. The molecular formula is C18H15ClN2O4. The van der Waals surface area contributed by atoms with Gasteiger partial charge in [0, 0.05) is 22.7 Å². The largest absolute Gasteiger partial charge is 0.497 e. The standard InChI is InChI=1S/C18H15ClN2O4/c1-24-11-4-6-16(25-2)15(8-11)21-18(23)13-9-20-14-7-10(19)3-5-12(14)17(13)22/h3-9H,1-2H3,(H,20,22)(H,21,23). The molecule has 2 N–H and O–H groups in total. The molecule has 128 valence electrons. The Morgan fingerprint density at radius 1 is 1.12 bits per heavy atom. The lowest BCUT2D eigenvalue weighted by atomic mass is 10.1. The van der Waals surface area contributed by atoms with E-state index in [-0.39, 0.29) is 11.0 Å². The van der Waals surface area contributed by atoms with E-state index >= 15 is 0 Å². The molecule has 0 aliphatic rings. The van der Waals surface area contributed by atoms with Crippen LogP contribution in [0.25, 0.3) is 10.9 Å². The van der Waals surface area contributed by atoms with E-state index in [1.807, 2.05) is 0 Å². The first-order chi connectivity index (χ1) is 12.0. The fourth-order valence-electron chi connectivity index (χ4n) is 2.46. The van der Waals surface area contributed by atoms with E-state index in [2.05, 4.69) is 10.3 Å². The zero-order valence-corrected chi connectivity index (χ0v) is 14.3. The average Bonchev–Trinajstić information content (AvgIpc) is 2.61. The molecule has 0 saturated carbocycles. The number of hydrogen-bond acceptors (Lipinski definition) is 4. The summed E-state index contributed by atoms with van der Waals surface area (Å²) in [7, 11) is 3.01. The molecule has 6 nitrogen and oxygen atoms in total. The number of rotatable bonds is 4. The quantitative estimate of drug-likeness (QED) is 0.748. The third-order valence-corrected chi connectivity index (χ3v) is 3.98. The molecule has 0 radical (unpaired) electrons. The Hall–Kier alpha value is -2.99. The SMILES string of the molecule is COc1ccc(OC)c(NC(=O)c2c[nH]c3cc(Cl)ccc3c2=O)c1. The molecule has 1 aromatic heterocycles. The maximum atomic E-state index is 12.6. The van der Waals surface area contributed by atoms with Crippen LogP contribution in [-0.2, 0) is 0 Å². The van der Waals surface area contributed by atoms with Crippen LogP contribution >= 0.6 is 11.6 Å². The van der Waals surface area contributed by atoms with Gasteiger partial charge in [0.1, 0.15) is 17.1 Å². The van der Waals surface area contributed by atoms with Crippen molar-refractivity contribution in [2.45, 2.75) is 0 Å². The van der Waals surface area contributed by atoms with Crippen molar-refractivity contribution in [1.29, 1.82) is 0 Å². The zero-order chi connectivity index (χ0) is 18.0. The van der Waals surface area contributed by atoms with Crippen LogP contribution in [0, 0.1) is 0 Å². The van der Waals surface area contributed by atoms with Gasteiger partial charge in [-0.15, -0.1) is 0 Å². The van der Waals surface area contributed by atoms with E-state index in [9.17, 15) is 9.59 Å². The summed E-state index contributed by atoms with van der Waals surface area (Å²) in [6.45, 7) is 0. The summed E-state index contributed by atoms with van der Waals surface area (Å²) in [5.41, 5.74) is 0.569. The normalized spacial score (nSPS) is 10.5. The number of fused-ring (bicyclic) bond motifs is 1. The number of pyridine rings is 1. The van der Waals surface area contributed by atoms with Gasteiger partial charge in [0.15, 0.2) is 0 Å². The highest BCUT2D eigenvalue weighted by Gasteiger charge is 2.16. The predicted molar refractivity (Wildman–Crippen MR) is 97.1 cm³/mol. The molecule has 0 atom stereocenters. The van der Waals surface area contributed by atoms with Gasteiger partial charge < -0.3 is 19.8 Å². The van der Waals surface area contributed by atoms with Gasteiger partial charge in [0.05, 0.1) is 25.4 Å². The van der Waals surface area contributed by atoms with Gasteiger partial charge in [-0.25, -0.2) is 0 Å². The van der Waals surface area contributed by atoms with Gasteiger partial charge in [-0.1, -0.05) is 11.6 Å².